The maximum Gasteiger partial charge on any atom is 0.0412 e. The molecular formula is C13H16ClN. The Morgan fingerprint density at radius 1 is 1.33 bits per heavy atom. The summed E-state index contributed by atoms with van der Waals surface area (Å²) < 4.78 is 0. The van der Waals surface area contributed by atoms with Gasteiger partial charge in [-0.15, -0.1) is 0 Å². The van der Waals surface area contributed by atoms with E-state index in [-0.39, 0.29) is 0 Å². The third-order valence-corrected chi connectivity index (χ3v) is 3.86. The molecule has 1 N–H and O–H groups in total. The first kappa shape index (κ1) is 9.68. The SMILES string of the molecule is Cc1cc(Cl)cc2c1CCNC2C1CC1. The van der Waals surface area contributed by atoms with Crippen LogP contribution in [0.1, 0.15) is 35.6 Å². The highest BCUT2D eigenvalue weighted by atomic mass is 35.5. The zero-order chi connectivity index (χ0) is 10.4. The third kappa shape index (κ3) is 1.68. The van der Waals surface area contributed by atoms with E-state index in [2.05, 4.69) is 24.4 Å². The van der Waals surface area contributed by atoms with E-state index < -0.39 is 0 Å². The number of fused-ring (bicyclic) bond motifs is 1. The molecule has 0 saturated heterocycles. The van der Waals surface area contributed by atoms with E-state index in [1.165, 1.54) is 29.5 Å². The molecule has 1 fully saturated rings. The van der Waals surface area contributed by atoms with Gasteiger partial charge in [-0.2, -0.15) is 0 Å². The van der Waals surface area contributed by atoms with Crippen molar-refractivity contribution >= 4 is 11.6 Å². The molecule has 1 unspecified atom stereocenters. The molecule has 1 aromatic carbocycles. The van der Waals surface area contributed by atoms with Gasteiger partial charge in [0, 0.05) is 11.1 Å². The Hall–Kier alpha value is -0.530. The van der Waals surface area contributed by atoms with Crippen molar-refractivity contribution in [2.45, 2.75) is 32.2 Å². The Balaban J connectivity index is 2.08. The van der Waals surface area contributed by atoms with Crippen LogP contribution in [0.25, 0.3) is 0 Å². The molecular weight excluding hydrogens is 206 g/mol. The molecule has 1 nitrogen and oxygen atoms in total. The normalized spacial score (nSPS) is 25.1. The van der Waals surface area contributed by atoms with Gasteiger partial charge in [-0.05, 0) is 67.5 Å². The average molecular weight is 222 g/mol. The van der Waals surface area contributed by atoms with E-state index in [0.29, 0.717) is 6.04 Å². The number of halogens is 1. The number of rotatable bonds is 1. The first-order chi connectivity index (χ1) is 7.25. The topological polar surface area (TPSA) is 12.0 Å². The molecule has 0 radical (unpaired) electrons. The molecule has 15 heavy (non-hydrogen) atoms. The molecule has 0 aromatic heterocycles. The molecule has 2 aliphatic rings. The minimum Gasteiger partial charge on any atom is -0.309 e. The standard InChI is InChI=1S/C13H16ClN/c1-8-6-10(14)7-12-11(8)4-5-15-13(12)9-2-3-9/h6-7,9,13,15H,2-5H2,1H3. The van der Waals surface area contributed by atoms with Crippen molar-refractivity contribution in [2.24, 2.45) is 5.92 Å². The highest BCUT2D eigenvalue weighted by molar-refractivity contribution is 6.30. The molecule has 1 aromatic rings. The quantitative estimate of drug-likeness (QED) is 0.768. The molecule has 1 aliphatic carbocycles. The molecule has 0 amide bonds. The van der Waals surface area contributed by atoms with Gasteiger partial charge in [0.05, 0.1) is 0 Å². The number of hydrogen-bond acceptors (Lipinski definition) is 1. The van der Waals surface area contributed by atoms with Gasteiger partial charge < -0.3 is 5.32 Å². The van der Waals surface area contributed by atoms with Gasteiger partial charge in [-0.25, -0.2) is 0 Å². The summed E-state index contributed by atoms with van der Waals surface area (Å²) in [5, 5.41) is 4.52. The fourth-order valence-electron chi connectivity index (χ4n) is 2.73. The maximum atomic E-state index is 6.14. The van der Waals surface area contributed by atoms with Crippen molar-refractivity contribution in [3.63, 3.8) is 0 Å². The number of aryl methyl sites for hydroxylation is 1. The van der Waals surface area contributed by atoms with E-state index in [4.69, 9.17) is 11.6 Å². The van der Waals surface area contributed by atoms with Gasteiger partial charge in [0.1, 0.15) is 0 Å². The van der Waals surface area contributed by atoms with Crippen LogP contribution in [-0.4, -0.2) is 6.54 Å². The summed E-state index contributed by atoms with van der Waals surface area (Å²) in [4.78, 5) is 0. The van der Waals surface area contributed by atoms with Gasteiger partial charge in [0.15, 0.2) is 0 Å². The lowest BCUT2D eigenvalue weighted by molar-refractivity contribution is 0.457. The molecule has 80 valence electrons. The predicted molar refractivity (Wildman–Crippen MR) is 63.4 cm³/mol. The van der Waals surface area contributed by atoms with Crippen molar-refractivity contribution in [1.29, 1.82) is 0 Å². The van der Waals surface area contributed by atoms with Crippen LogP contribution in [-0.2, 0) is 6.42 Å². The number of nitrogens with one attached hydrogen (secondary N) is 1. The van der Waals surface area contributed by atoms with Gasteiger partial charge in [0.2, 0.25) is 0 Å². The molecule has 1 atom stereocenters. The van der Waals surface area contributed by atoms with Crippen LogP contribution in [0.2, 0.25) is 5.02 Å². The fourth-order valence-corrected chi connectivity index (χ4v) is 3.01. The van der Waals surface area contributed by atoms with E-state index in [1.807, 2.05) is 0 Å². The molecule has 1 aliphatic heterocycles. The zero-order valence-corrected chi connectivity index (χ0v) is 9.77. The first-order valence-corrected chi connectivity index (χ1v) is 6.16. The van der Waals surface area contributed by atoms with Crippen molar-refractivity contribution in [3.05, 3.63) is 33.8 Å². The van der Waals surface area contributed by atoms with Gasteiger partial charge in [0.25, 0.3) is 0 Å². The monoisotopic (exact) mass is 221 g/mol. The van der Waals surface area contributed by atoms with Crippen LogP contribution in [0.4, 0.5) is 0 Å². The Labute approximate surface area is 95.8 Å². The lowest BCUT2D eigenvalue weighted by Gasteiger charge is -2.28. The van der Waals surface area contributed by atoms with Gasteiger partial charge >= 0.3 is 0 Å². The number of hydrogen-bond donors (Lipinski definition) is 1. The summed E-state index contributed by atoms with van der Waals surface area (Å²) in [7, 11) is 0. The molecule has 1 saturated carbocycles. The Kier molecular flexibility index (Phi) is 2.26. The van der Waals surface area contributed by atoms with Crippen LogP contribution >= 0.6 is 11.6 Å². The number of benzene rings is 1. The van der Waals surface area contributed by atoms with E-state index in [0.717, 1.165) is 23.9 Å². The molecule has 0 bridgehead atoms. The second kappa shape index (κ2) is 3.50. The van der Waals surface area contributed by atoms with E-state index in [1.54, 1.807) is 0 Å². The minimum absolute atomic E-state index is 0.575. The summed E-state index contributed by atoms with van der Waals surface area (Å²) in [5.41, 5.74) is 4.37. The first-order valence-electron chi connectivity index (χ1n) is 5.78. The van der Waals surface area contributed by atoms with Gasteiger partial charge in [-0.1, -0.05) is 11.6 Å². The molecule has 0 spiro atoms. The minimum atomic E-state index is 0.575. The Morgan fingerprint density at radius 2 is 2.13 bits per heavy atom. The summed E-state index contributed by atoms with van der Waals surface area (Å²) in [6, 6.07) is 4.83. The summed E-state index contributed by atoms with van der Waals surface area (Å²) >= 11 is 6.14. The highest BCUT2D eigenvalue weighted by Gasteiger charge is 2.35. The van der Waals surface area contributed by atoms with Crippen LogP contribution < -0.4 is 5.32 Å². The Bertz CT molecular complexity index is 396. The van der Waals surface area contributed by atoms with Gasteiger partial charge in [-0.3, -0.25) is 0 Å². The smallest absolute Gasteiger partial charge is 0.0412 e. The van der Waals surface area contributed by atoms with Crippen molar-refractivity contribution in [2.75, 3.05) is 6.54 Å². The molecule has 3 rings (SSSR count). The zero-order valence-electron chi connectivity index (χ0n) is 9.02. The average Bonchev–Trinajstić information content (AvgIpc) is 3.00. The highest BCUT2D eigenvalue weighted by Crippen LogP contribution is 2.44. The second-order valence-corrected chi connectivity index (χ2v) is 5.25. The van der Waals surface area contributed by atoms with E-state index >= 15 is 0 Å². The Morgan fingerprint density at radius 3 is 2.87 bits per heavy atom. The van der Waals surface area contributed by atoms with E-state index in [9.17, 15) is 0 Å². The summed E-state index contributed by atoms with van der Waals surface area (Å²) in [5.74, 6) is 0.863. The lowest BCUT2D eigenvalue weighted by atomic mass is 9.89. The third-order valence-electron chi connectivity index (χ3n) is 3.64. The van der Waals surface area contributed by atoms with Crippen LogP contribution in [0, 0.1) is 12.8 Å². The van der Waals surface area contributed by atoms with Crippen molar-refractivity contribution < 1.29 is 0 Å². The summed E-state index contributed by atoms with van der Waals surface area (Å²) in [6.45, 7) is 3.30. The van der Waals surface area contributed by atoms with Crippen molar-refractivity contribution in [3.8, 4) is 0 Å². The van der Waals surface area contributed by atoms with Crippen molar-refractivity contribution in [1.82, 2.24) is 5.32 Å². The van der Waals surface area contributed by atoms with Crippen LogP contribution in [0.3, 0.4) is 0 Å². The van der Waals surface area contributed by atoms with Crippen LogP contribution in [0.15, 0.2) is 12.1 Å². The predicted octanol–water partition coefficient (Wildman–Crippen LogP) is 3.25. The molecule has 2 heteroatoms. The largest absolute Gasteiger partial charge is 0.309 e. The van der Waals surface area contributed by atoms with Crippen LogP contribution in [0.5, 0.6) is 0 Å². The summed E-state index contributed by atoms with van der Waals surface area (Å²) in [6.07, 6.45) is 3.91. The second-order valence-electron chi connectivity index (χ2n) is 4.81. The molecule has 1 heterocycles. The maximum absolute atomic E-state index is 6.14. The lowest BCUT2D eigenvalue weighted by Crippen LogP contribution is -2.31. The fraction of sp³-hybridized carbons (Fsp3) is 0.538.